The number of carbonyl (C=O) groups excluding carboxylic acids is 1. The summed E-state index contributed by atoms with van der Waals surface area (Å²) in [5, 5.41) is 3.03. The van der Waals surface area contributed by atoms with Gasteiger partial charge in [0.2, 0.25) is 5.91 Å². The van der Waals surface area contributed by atoms with E-state index >= 15 is 0 Å². The van der Waals surface area contributed by atoms with Gasteiger partial charge in [0.1, 0.15) is 5.75 Å². The van der Waals surface area contributed by atoms with Gasteiger partial charge in [-0.3, -0.25) is 9.69 Å². The number of likely N-dealkylation sites (tertiary alicyclic amines) is 1. The number of benzene rings is 2. The maximum atomic E-state index is 12.2. The van der Waals surface area contributed by atoms with E-state index in [1.165, 1.54) is 37.1 Å². The fourth-order valence-electron chi connectivity index (χ4n) is 3.76. The molecule has 4 heteroatoms. The molecule has 0 aliphatic carbocycles. The first-order chi connectivity index (χ1) is 12.8. The number of hydrogen-bond acceptors (Lipinski definition) is 3. The van der Waals surface area contributed by atoms with Crippen LogP contribution in [0.4, 0.5) is 0 Å². The summed E-state index contributed by atoms with van der Waals surface area (Å²) in [5.74, 6) is 1.02. The van der Waals surface area contributed by atoms with Crippen molar-refractivity contribution in [1.29, 1.82) is 0 Å². The van der Waals surface area contributed by atoms with Gasteiger partial charge in [-0.15, -0.1) is 0 Å². The van der Waals surface area contributed by atoms with Crippen LogP contribution in [0.1, 0.15) is 35.1 Å². The number of hydrogen-bond donors (Lipinski definition) is 1. The molecule has 0 aromatic heterocycles. The molecule has 0 bridgehead atoms. The zero-order valence-electron chi connectivity index (χ0n) is 15.2. The van der Waals surface area contributed by atoms with Crippen LogP contribution in [0.15, 0.2) is 42.5 Å². The van der Waals surface area contributed by atoms with Crippen LogP contribution in [-0.2, 0) is 30.7 Å². The predicted octanol–water partition coefficient (Wildman–Crippen LogP) is 3.08. The average Bonchev–Trinajstić information content (AvgIpc) is 3.32. The summed E-state index contributed by atoms with van der Waals surface area (Å²) in [5.41, 5.74) is 4.75. The highest BCUT2D eigenvalue weighted by Gasteiger charge is 2.14. The van der Waals surface area contributed by atoms with Crippen molar-refractivity contribution in [2.45, 2.75) is 38.8 Å². The first-order valence-corrected chi connectivity index (χ1v) is 9.58. The lowest BCUT2D eigenvalue weighted by Crippen LogP contribution is -2.24. The van der Waals surface area contributed by atoms with Crippen LogP contribution in [0.25, 0.3) is 0 Å². The first kappa shape index (κ1) is 17.1. The van der Waals surface area contributed by atoms with Crippen molar-refractivity contribution in [2.24, 2.45) is 0 Å². The Morgan fingerprint density at radius 3 is 2.54 bits per heavy atom. The molecule has 4 rings (SSSR count). The molecule has 2 aromatic carbocycles. The van der Waals surface area contributed by atoms with E-state index in [9.17, 15) is 4.79 Å². The smallest absolute Gasteiger partial charge is 0.224 e. The summed E-state index contributed by atoms with van der Waals surface area (Å²) in [6, 6.07) is 14.7. The van der Waals surface area contributed by atoms with E-state index in [-0.39, 0.29) is 5.91 Å². The van der Waals surface area contributed by atoms with Crippen LogP contribution in [-0.4, -0.2) is 30.5 Å². The van der Waals surface area contributed by atoms with E-state index in [0.717, 1.165) is 36.4 Å². The second-order valence-electron chi connectivity index (χ2n) is 7.29. The molecule has 26 heavy (non-hydrogen) atoms. The molecule has 1 amide bonds. The summed E-state index contributed by atoms with van der Waals surface area (Å²) in [7, 11) is 0. The van der Waals surface area contributed by atoms with Crippen molar-refractivity contribution in [3.8, 4) is 5.75 Å². The highest BCUT2D eigenvalue weighted by atomic mass is 16.5. The standard InChI is InChI=1S/C22H26N2O2/c25-22(14-19-7-8-21-20(13-19)9-12-26-21)23-15-17-3-5-18(6-4-17)16-24-10-1-2-11-24/h3-8,13H,1-2,9-12,14-16H2,(H,23,25). The van der Waals surface area contributed by atoms with Crippen LogP contribution >= 0.6 is 0 Å². The van der Waals surface area contributed by atoms with Crippen LogP contribution in [0.3, 0.4) is 0 Å². The monoisotopic (exact) mass is 350 g/mol. The van der Waals surface area contributed by atoms with Crippen LogP contribution in [0, 0.1) is 0 Å². The predicted molar refractivity (Wildman–Crippen MR) is 102 cm³/mol. The van der Waals surface area contributed by atoms with E-state index in [1.807, 2.05) is 12.1 Å². The summed E-state index contributed by atoms with van der Waals surface area (Å²) in [6.07, 6.45) is 4.00. The highest BCUT2D eigenvalue weighted by Crippen LogP contribution is 2.26. The van der Waals surface area contributed by atoms with Crippen LogP contribution in [0.5, 0.6) is 5.75 Å². The van der Waals surface area contributed by atoms with E-state index in [4.69, 9.17) is 4.74 Å². The van der Waals surface area contributed by atoms with Crippen molar-refractivity contribution in [3.63, 3.8) is 0 Å². The third-order valence-electron chi connectivity index (χ3n) is 5.24. The molecule has 0 radical (unpaired) electrons. The lowest BCUT2D eigenvalue weighted by Gasteiger charge is -2.14. The Morgan fingerprint density at radius 1 is 1.00 bits per heavy atom. The molecule has 1 N–H and O–H groups in total. The Balaban J connectivity index is 1.26. The van der Waals surface area contributed by atoms with Gasteiger partial charge < -0.3 is 10.1 Å². The lowest BCUT2D eigenvalue weighted by atomic mass is 10.1. The quantitative estimate of drug-likeness (QED) is 0.870. The number of fused-ring (bicyclic) bond motifs is 1. The van der Waals surface area contributed by atoms with Crippen molar-refractivity contribution in [2.75, 3.05) is 19.7 Å². The van der Waals surface area contributed by atoms with Gasteiger partial charge in [0.15, 0.2) is 0 Å². The summed E-state index contributed by atoms with van der Waals surface area (Å²) in [4.78, 5) is 14.7. The molecule has 136 valence electrons. The molecule has 2 heterocycles. The highest BCUT2D eigenvalue weighted by molar-refractivity contribution is 5.78. The molecule has 0 atom stereocenters. The molecule has 1 fully saturated rings. The van der Waals surface area contributed by atoms with Crippen molar-refractivity contribution in [3.05, 3.63) is 64.7 Å². The molecule has 0 spiro atoms. The average molecular weight is 350 g/mol. The fourth-order valence-corrected chi connectivity index (χ4v) is 3.76. The number of ether oxygens (including phenoxy) is 1. The number of carbonyl (C=O) groups is 1. The molecular formula is C22H26N2O2. The summed E-state index contributed by atoms with van der Waals surface area (Å²) < 4.78 is 5.51. The Bertz CT molecular complexity index is 764. The zero-order valence-corrected chi connectivity index (χ0v) is 15.2. The Labute approximate surface area is 155 Å². The van der Waals surface area contributed by atoms with Gasteiger partial charge in [0.05, 0.1) is 13.0 Å². The van der Waals surface area contributed by atoms with Gasteiger partial charge in [0.25, 0.3) is 0 Å². The Morgan fingerprint density at radius 2 is 1.73 bits per heavy atom. The van der Waals surface area contributed by atoms with Crippen molar-refractivity contribution >= 4 is 5.91 Å². The summed E-state index contributed by atoms with van der Waals surface area (Å²) in [6.45, 7) is 4.80. The fraction of sp³-hybridized carbons (Fsp3) is 0.409. The summed E-state index contributed by atoms with van der Waals surface area (Å²) >= 11 is 0. The number of rotatable bonds is 6. The lowest BCUT2D eigenvalue weighted by molar-refractivity contribution is -0.120. The van der Waals surface area contributed by atoms with Crippen LogP contribution < -0.4 is 10.1 Å². The molecule has 1 saturated heterocycles. The van der Waals surface area contributed by atoms with E-state index in [0.29, 0.717) is 13.0 Å². The maximum Gasteiger partial charge on any atom is 0.224 e. The van der Waals surface area contributed by atoms with E-state index < -0.39 is 0 Å². The molecule has 2 aliphatic rings. The van der Waals surface area contributed by atoms with Gasteiger partial charge in [-0.05, 0) is 54.3 Å². The van der Waals surface area contributed by atoms with Crippen molar-refractivity contribution in [1.82, 2.24) is 10.2 Å². The van der Waals surface area contributed by atoms with Gasteiger partial charge in [-0.2, -0.15) is 0 Å². The molecule has 2 aromatic rings. The minimum Gasteiger partial charge on any atom is -0.493 e. The minimum absolute atomic E-state index is 0.0602. The SMILES string of the molecule is O=C(Cc1ccc2c(c1)CCO2)NCc1ccc(CN2CCCC2)cc1. The second-order valence-corrected chi connectivity index (χ2v) is 7.29. The normalized spacial score (nSPS) is 16.3. The minimum atomic E-state index is 0.0602. The van der Waals surface area contributed by atoms with Gasteiger partial charge >= 0.3 is 0 Å². The largest absolute Gasteiger partial charge is 0.493 e. The maximum absolute atomic E-state index is 12.2. The number of nitrogens with one attached hydrogen (secondary N) is 1. The molecule has 0 saturated carbocycles. The van der Waals surface area contributed by atoms with Gasteiger partial charge in [-0.1, -0.05) is 36.4 Å². The third kappa shape index (κ3) is 4.25. The topological polar surface area (TPSA) is 41.6 Å². The third-order valence-corrected chi connectivity index (χ3v) is 5.24. The molecular weight excluding hydrogens is 324 g/mol. The van der Waals surface area contributed by atoms with Gasteiger partial charge in [0, 0.05) is 19.5 Å². The molecule has 2 aliphatic heterocycles. The Hall–Kier alpha value is -2.33. The van der Waals surface area contributed by atoms with Crippen molar-refractivity contribution < 1.29 is 9.53 Å². The molecule has 4 nitrogen and oxygen atoms in total. The first-order valence-electron chi connectivity index (χ1n) is 9.58. The van der Waals surface area contributed by atoms with E-state index in [2.05, 4.69) is 40.5 Å². The molecule has 0 unspecified atom stereocenters. The van der Waals surface area contributed by atoms with E-state index in [1.54, 1.807) is 0 Å². The second kappa shape index (κ2) is 7.92. The Kier molecular flexibility index (Phi) is 5.21. The van der Waals surface area contributed by atoms with Crippen LogP contribution in [0.2, 0.25) is 0 Å². The number of nitrogens with zero attached hydrogens (tertiary/aromatic N) is 1. The van der Waals surface area contributed by atoms with Gasteiger partial charge in [-0.25, -0.2) is 0 Å². The number of amides is 1. The zero-order chi connectivity index (χ0) is 17.8.